The van der Waals surface area contributed by atoms with Crippen molar-refractivity contribution in [3.63, 3.8) is 0 Å². The van der Waals surface area contributed by atoms with E-state index in [9.17, 15) is 9.59 Å². The predicted octanol–water partition coefficient (Wildman–Crippen LogP) is 5.89. The average Bonchev–Trinajstić information content (AvgIpc) is 3.27. The first kappa shape index (κ1) is 24.5. The van der Waals surface area contributed by atoms with Crippen molar-refractivity contribution in [3.8, 4) is 5.69 Å². The highest BCUT2D eigenvalue weighted by atomic mass is 35.5. The maximum atomic E-state index is 13.7. The molecule has 0 aliphatic heterocycles. The second kappa shape index (κ2) is 11.2. The first-order chi connectivity index (χ1) is 17.6. The molecule has 0 saturated carbocycles. The lowest BCUT2D eigenvalue weighted by Crippen LogP contribution is -2.24. The Morgan fingerprint density at radius 2 is 1.92 bits per heavy atom. The van der Waals surface area contributed by atoms with Crippen LogP contribution in [0.4, 0.5) is 0 Å². The summed E-state index contributed by atoms with van der Waals surface area (Å²) >= 11 is 8.89. The van der Waals surface area contributed by atoms with Crippen LogP contribution in [-0.4, -0.2) is 27.4 Å². The molecule has 6 nitrogen and oxygen atoms in total. The maximum Gasteiger partial charge on any atom is 0.267 e. The van der Waals surface area contributed by atoms with Gasteiger partial charge in [0.2, 0.25) is 0 Å². The summed E-state index contributed by atoms with van der Waals surface area (Å²) in [6, 6.07) is 16.9. The highest BCUT2D eigenvalue weighted by molar-refractivity contribution is 7.99. The molecular formula is C27H23ClN4O2S2. The minimum atomic E-state index is -0.285. The lowest BCUT2D eigenvalue weighted by atomic mass is 9.97. The van der Waals surface area contributed by atoms with Crippen LogP contribution in [0.15, 0.2) is 75.7 Å². The molecule has 0 spiro atoms. The Kier molecular flexibility index (Phi) is 7.65. The van der Waals surface area contributed by atoms with Crippen molar-refractivity contribution in [1.29, 1.82) is 0 Å². The molecular weight excluding hydrogens is 512 g/mol. The fourth-order valence-corrected chi connectivity index (χ4v) is 6.37. The molecule has 0 atom stereocenters. The largest absolute Gasteiger partial charge is 0.272 e. The number of hydrogen-bond acceptors (Lipinski definition) is 6. The average molecular weight is 535 g/mol. The normalized spacial score (nSPS) is 13.5. The van der Waals surface area contributed by atoms with Gasteiger partial charge in [0.25, 0.3) is 11.5 Å². The van der Waals surface area contributed by atoms with Gasteiger partial charge in [0.05, 0.1) is 16.8 Å². The van der Waals surface area contributed by atoms with Crippen molar-refractivity contribution in [2.45, 2.75) is 30.8 Å². The van der Waals surface area contributed by atoms with Crippen LogP contribution in [0.5, 0.6) is 0 Å². The Labute approximate surface area is 221 Å². The Bertz CT molecular complexity index is 1510. The van der Waals surface area contributed by atoms with Crippen molar-refractivity contribution in [1.82, 2.24) is 15.0 Å². The van der Waals surface area contributed by atoms with Gasteiger partial charge in [-0.25, -0.2) is 10.4 Å². The van der Waals surface area contributed by atoms with Crippen molar-refractivity contribution in [3.05, 3.63) is 92.1 Å². The molecule has 2 heterocycles. The van der Waals surface area contributed by atoms with Gasteiger partial charge in [-0.3, -0.25) is 14.2 Å². The summed E-state index contributed by atoms with van der Waals surface area (Å²) in [5, 5.41) is 5.73. The number of allylic oxidation sites excluding steroid dienone is 1. The fraction of sp³-hybridized carbons (Fsp3) is 0.185. The van der Waals surface area contributed by atoms with E-state index >= 15 is 0 Å². The molecule has 182 valence electrons. The quantitative estimate of drug-likeness (QED) is 0.139. The van der Waals surface area contributed by atoms with Gasteiger partial charge in [0, 0.05) is 16.1 Å². The molecule has 0 bridgehead atoms. The number of hydrazone groups is 1. The summed E-state index contributed by atoms with van der Waals surface area (Å²) in [6.45, 7) is 0. The van der Waals surface area contributed by atoms with E-state index in [1.807, 2.05) is 36.4 Å². The van der Waals surface area contributed by atoms with Crippen LogP contribution < -0.4 is 11.0 Å². The number of nitrogens with zero attached hydrogens (tertiary/aromatic N) is 3. The van der Waals surface area contributed by atoms with E-state index in [0.717, 1.165) is 41.6 Å². The molecule has 0 saturated heterocycles. The third-order valence-electron chi connectivity index (χ3n) is 5.81. The lowest BCUT2D eigenvalue weighted by Gasteiger charge is -2.13. The van der Waals surface area contributed by atoms with Gasteiger partial charge in [0.15, 0.2) is 5.16 Å². The molecule has 1 aliphatic carbocycles. The van der Waals surface area contributed by atoms with Crippen molar-refractivity contribution in [2.75, 3.05) is 5.75 Å². The van der Waals surface area contributed by atoms with Crippen LogP contribution in [0.25, 0.3) is 22.0 Å². The van der Waals surface area contributed by atoms with Gasteiger partial charge in [-0.1, -0.05) is 59.8 Å². The zero-order valence-corrected chi connectivity index (χ0v) is 21.7. The smallest absolute Gasteiger partial charge is 0.267 e. The van der Waals surface area contributed by atoms with Crippen LogP contribution in [0.1, 0.15) is 28.8 Å². The standard InChI is InChI=1S/C27H23ClN4O2S2/c28-19-12-14-20(15-13-19)32-26(34)24-21-10-4-5-11-22(21)36-25(24)30-27(32)35-17-23(33)31-29-16-6-9-18-7-2-1-3-8-18/h1-3,6-9,12-16H,4-5,10-11,17H2,(H,31,33)/b9-6+,29-16+. The zero-order chi connectivity index (χ0) is 24.9. The second-order valence-electron chi connectivity index (χ2n) is 8.27. The summed E-state index contributed by atoms with van der Waals surface area (Å²) in [4.78, 5) is 33.0. The Balaban J connectivity index is 1.37. The van der Waals surface area contributed by atoms with E-state index < -0.39 is 0 Å². The van der Waals surface area contributed by atoms with Crippen LogP contribution in [0, 0.1) is 0 Å². The fourth-order valence-electron chi connectivity index (χ4n) is 4.13. The Morgan fingerprint density at radius 3 is 2.72 bits per heavy atom. The van der Waals surface area contributed by atoms with Crippen LogP contribution >= 0.6 is 34.7 Å². The van der Waals surface area contributed by atoms with Crippen LogP contribution in [0.3, 0.4) is 0 Å². The molecule has 0 unspecified atom stereocenters. The molecule has 2 aromatic carbocycles. The van der Waals surface area contributed by atoms with Crippen LogP contribution in [-0.2, 0) is 17.6 Å². The number of nitrogens with one attached hydrogen (secondary N) is 1. The molecule has 0 radical (unpaired) electrons. The summed E-state index contributed by atoms with van der Waals surface area (Å²) in [6.07, 6.45) is 9.28. The van der Waals surface area contributed by atoms with Crippen molar-refractivity contribution >= 4 is 63.1 Å². The summed E-state index contributed by atoms with van der Waals surface area (Å²) in [7, 11) is 0. The minimum Gasteiger partial charge on any atom is -0.272 e. The number of carbonyl (C=O) groups is 1. The van der Waals surface area contributed by atoms with E-state index in [2.05, 4.69) is 10.5 Å². The zero-order valence-electron chi connectivity index (χ0n) is 19.3. The first-order valence-electron chi connectivity index (χ1n) is 11.6. The van der Waals surface area contributed by atoms with Gasteiger partial charge in [-0.05, 0) is 67.2 Å². The molecule has 0 fully saturated rings. The van der Waals surface area contributed by atoms with Crippen molar-refractivity contribution in [2.24, 2.45) is 5.10 Å². The van der Waals surface area contributed by atoms with Crippen molar-refractivity contribution < 1.29 is 4.79 Å². The van der Waals surface area contributed by atoms with E-state index in [1.165, 1.54) is 22.9 Å². The number of benzene rings is 2. The molecule has 1 N–H and O–H groups in total. The summed E-state index contributed by atoms with van der Waals surface area (Å²) < 4.78 is 1.59. The molecule has 5 rings (SSSR count). The molecule has 36 heavy (non-hydrogen) atoms. The van der Waals surface area contributed by atoms with E-state index in [-0.39, 0.29) is 17.2 Å². The lowest BCUT2D eigenvalue weighted by molar-refractivity contribution is -0.118. The first-order valence-corrected chi connectivity index (χ1v) is 13.8. The van der Waals surface area contributed by atoms with Gasteiger partial charge in [-0.2, -0.15) is 5.10 Å². The number of rotatable bonds is 7. The number of carbonyl (C=O) groups excluding carboxylic acids is 1. The van der Waals surface area contributed by atoms with Gasteiger partial charge >= 0.3 is 0 Å². The minimum absolute atomic E-state index is 0.0658. The number of aromatic nitrogens is 2. The molecule has 1 aliphatic rings. The highest BCUT2D eigenvalue weighted by Crippen LogP contribution is 2.35. The third-order valence-corrected chi connectivity index (χ3v) is 8.19. The van der Waals surface area contributed by atoms with Gasteiger partial charge in [0.1, 0.15) is 4.83 Å². The summed E-state index contributed by atoms with van der Waals surface area (Å²) in [5.74, 6) is -0.219. The topological polar surface area (TPSA) is 76.3 Å². The Hall–Kier alpha value is -3.20. The third kappa shape index (κ3) is 5.46. The summed E-state index contributed by atoms with van der Waals surface area (Å²) in [5.41, 5.74) is 5.27. The molecule has 2 aromatic heterocycles. The van der Waals surface area contributed by atoms with E-state index in [0.29, 0.717) is 21.3 Å². The highest BCUT2D eigenvalue weighted by Gasteiger charge is 2.23. The maximum absolute atomic E-state index is 13.7. The number of thioether (sulfide) groups is 1. The van der Waals surface area contributed by atoms with Crippen LogP contribution in [0.2, 0.25) is 5.02 Å². The Morgan fingerprint density at radius 1 is 1.14 bits per heavy atom. The molecule has 4 aromatic rings. The van der Waals surface area contributed by atoms with E-state index in [4.69, 9.17) is 16.6 Å². The molecule has 1 amide bonds. The monoisotopic (exact) mass is 534 g/mol. The van der Waals surface area contributed by atoms with Gasteiger partial charge < -0.3 is 0 Å². The number of halogens is 1. The SMILES string of the molecule is O=C(CSc1nc2sc3c(c2c(=O)n1-c1ccc(Cl)cc1)CCCC3)N/N=C/C=C/c1ccccc1. The second-order valence-corrected chi connectivity index (χ2v) is 10.7. The number of thiophene rings is 1. The number of hydrogen-bond donors (Lipinski definition) is 1. The number of amides is 1. The van der Waals surface area contributed by atoms with Gasteiger partial charge in [-0.15, -0.1) is 11.3 Å². The predicted molar refractivity (Wildman–Crippen MR) is 150 cm³/mol. The van der Waals surface area contributed by atoms with E-state index in [1.54, 1.807) is 46.2 Å². The number of aryl methyl sites for hydroxylation is 2. The number of fused-ring (bicyclic) bond motifs is 3. The molecule has 9 heteroatoms.